The van der Waals surface area contributed by atoms with Gasteiger partial charge in [-0.3, -0.25) is 9.59 Å². The highest BCUT2D eigenvalue weighted by atomic mass is 19.1. The highest BCUT2D eigenvalue weighted by Gasteiger charge is 2.20. The second-order valence-corrected chi connectivity index (χ2v) is 9.00. The highest BCUT2D eigenvalue weighted by molar-refractivity contribution is 5.92. The Kier molecular flexibility index (Phi) is 12.7. The Morgan fingerprint density at radius 2 is 2.00 bits per heavy atom. The van der Waals surface area contributed by atoms with Crippen LogP contribution in [0, 0.1) is 17.7 Å². The van der Waals surface area contributed by atoms with Crippen molar-refractivity contribution in [3.8, 4) is 11.8 Å². The first-order valence-corrected chi connectivity index (χ1v) is 12.7. The van der Waals surface area contributed by atoms with Crippen LogP contribution in [-0.4, -0.2) is 78.4 Å². The monoisotopic (exact) mass is 523 g/mol. The first kappa shape index (κ1) is 30.3. The Morgan fingerprint density at radius 1 is 1.21 bits per heavy atom. The lowest BCUT2D eigenvalue weighted by atomic mass is 10.2. The van der Waals surface area contributed by atoms with Crippen molar-refractivity contribution in [2.24, 2.45) is 0 Å². The summed E-state index contributed by atoms with van der Waals surface area (Å²) in [4.78, 5) is 36.8. The standard InChI is InChI=1S/C28H38FN7O2/c1-6-16-30-26-22(20-32-28(34-26)33-24-14-10-13-23(29)19-24)12-8-7-9-17-31-27(38)21(2)36(5)25(37)15-11-18-35(3)4/h10-11,13-15,19-21H,6-7,9,16-18H2,1-5H3,(H,31,38)(H2,30,32,33,34)/b15-11+. The summed E-state index contributed by atoms with van der Waals surface area (Å²) in [7, 11) is 5.45. The molecule has 0 aliphatic heterocycles. The fourth-order valence-electron chi connectivity index (χ4n) is 3.15. The molecule has 0 spiro atoms. The zero-order valence-electron chi connectivity index (χ0n) is 22.8. The summed E-state index contributed by atoms with van der Waals surface area (Å²) in [6, 6.07) is 5.50. The van der Waals surface area contributed by atoms with E-state index in [1.807, 2.05) is 19.0 Å². The first-order valence-electron chi connectivity index (χ1n) is 12.7. The SMILES string of the molecule is CCCNc1nc(Nc2cccc(F)c2)ncc1C#CCCCNC(=O)C(C)N(C)C(=O)/C=C/CN(C)C. The van der Waals surface area contributed by atoms with E-state index in [1.165, 1.54) is 23.1 Å². The number of carbonyl (C=O) groups is 2. The molecule has 1 atom stereocenters. The fraction of sp³-hybridized carbons (Fsp3) is 0.429. The van der Waals surface area contributed by atoms with Crippen LogP contribution >= 0.6 is 0 Å². The normalized spacial score (nSPS) is 11.6. The van der Waals surface area contributed by atoms with Gasteiger partial charge in [-0.05, 0) is 52.1 Å². The summed E-state index contributed by atoms with van der Waals surface area (Å²) in [5, 5.41) is 9.11. The van der Waals surface area contributed by atoms with Crippen molar-refractivity contribution < 1.29 is 14.0 Å². The van der Waals surface area contributed by atoms with Gasteiger partial charge in [0.15, 0.2) is 0 Å². The quantitative estimate of drug-likeness (QED) is 0.210. The van der Waals surface area contributed by atoms with Crippen molar-refractivity contribution in [1.29, 1.82) is 0 Å². The number of nitrogens with zero attached hydrogens (tertiary/aromatic N) is 4. The lowest BCUT2D eigenvalue weighted by molar-refractivity contribution is -0.135. The molecule has 0 bridgehead atoms. The minimum atomic E-state index is -0.582. The lowest BCUT2D eigenvalue weighted by Gasteiger charge is -2.23. The van der Waals surface area contributed by atoms with Crippen LogP contribution in [0.1, 0.15) is 38.7 Å². The van der Waals surface area contributed by atoms with Crippen molar-refractivity contribution in [1.82, 2.24) is 25.1 Å². The molecule has 1 heterocycles. The van der Waals surface area contributed by atoms with Gasteiger partial charge in [0.2, 0.25) is 17.8 Å². The Bertz CT molecular complexity index is 1160. The van der Waals surface area contributed by atoms with Gasteiger partial charge >= 0.3 is 0 Å². The molecule has 1 aromatic heterocycles. The van der Waals surface area contributed by atoms with Gasteiger partial charge in [0.1, 0.15) is 17.7 Å². The molecule has 0 radical (unpaired) electrons. The molecule has 2 aromatic rings. The van der Waals surface area contributed by atoms with E-state index in [2.05, 4.69) is 44.7 Å². The van der Waals surface area contributed by atoms with Gasteiger partial charge in [0.05, 0.1) is 11.8 Å². The molecule has 1 unspecified atom stereocenters. The zero-order valence-corrected chi connectivity index (χ0v) is 22.8. The molecule has 0 aliphatic carbocycles. The largest absolute Gasteiger partial charge is 0.369 e. The van der Waals surface area contributed by atoms with Crippen LogP contribution in [0.3, 0.4) is 0 Å². The Labute approximate surface area is 224 Å². The molecule has 38 heavy (non-hydrogen) atoms. The zero-order chi connectivity index (χ0) is 27.9. The topological polar surface area (TPSA) is 102 Å². The molecular formula is C28H38FN7O2. The van der Waals surface area contributed by atoms with E-state index >= 15 is 0 Å². The third-order valence-electron chi connectivity index (χ3n) is 5.45. The maximum absolute atomic E-state index is 13.5. The van der Waals surface area contributed by atoms with E-state index in [1.54, 1.807) is 38.4 Å². The van der Waals surface area contributed by atoms with Crippen molar-refractivity contribution in [3.05, 3.63) is 54.0 Å². The molecule has 0 aliphatic rings. The number of unbranched alkanes of at least 4 members (excludes halogenated alkanes) is 1. The number of rotatable bonds is 13. The van der Waals surface area contributed by atoms with Crippen LogP contribution in [0.25, 0.3) is 0 Å². The predicted octanol–water partition coefficient (Wildman–Crippen LogP) is 3.39. The number of carbonyl (C=O) groups excluding carboxylic acids is 2. The van der Waals surface area contributed by atoms with Crippen molar-refractivity contribution in [3.63, 3.8) is 0 Å². The third kappa shape index (κ3) is 10.6. The Morgan fingerprint density at radius 3 is 2.71 bits per heavy atom. The van der Waals surface area contributed by atoms with Crippen molar-refractivity contribution in [2.75, 3.05) is 51.4 Å². The number of anilines is 3. The smallest absolute Gasteiger partial charge is 0.246 e. The van der Waals surface area contributed by atoms with Crippen LogP contribution in [0.15, 0.2) is 42.6 Å². The molecule has 9 nitrogen and oxygen atoms in total. The third-order valence-corrected chi connectivity index (χ3v) is 5.45. The molecule has 1 aromatic carbocycles. The summed E-state index contributed by atoms with van der Waals surface area (Å²) >= 11 is 0. The molecule has 0 saturated carbocycles. The van der Waals surface area contributed by atoms with Crippen LogP contribution in [-0.2, 0) is 9.59 Å². The maximum Gasteiger partial charge on any atom is 0.246 e. The van der Waals surface area contributed by atoms with Gasteiger partial charge in [0.25, 0.3) is 0 Å². The number of hydrogen-bond donors (Lipinski definition) is 3. The fourth-order valence-corrected chi connectivity index (χ4v) is 3.15. The van der Waals surface area contributed by atoms with E-state index in [-0.39, 0.29) is 17.6 Å². The lowest BCUT2D eigenvalue weighted by Crippen LogP contribution is -2.45. The minimum absolute atomic E-state index is 0.212. The van der Waals surface area contributed by atoms with E-state index in [0.29, 0.717) is 48.9 Å². The summed E-state index contributed by atoms with van der Waals surface area (Å²) < 4.78 is 13.5. The highest BCUT2D eigenvalue weighted by Crippen LogP contribution is 2.18. The molecule has 0 saturated heterocycles. The van der Waals surface area contributed by atoms with Gasteiger partial charge in [-0.15, -0.1) is 0 Å². The minimum Gasteiger partial charge on any atom is -0.369 e. The molecule has 3 N–H and O–H groups in total. The average molecular weight is 524 g/mol. The van der Waals surface area contributed by atoms with Gasteiger partial charge in [-0.1, -0.05) is 30.9 Å². The van der Waals surface area contributed by atoms with Gasteiger partial charge in [-0.25, -0.2) is 9.37 Å². The molecule has 0 fully saturated rings. The van der Waals surface area contributed by atoms with Crippen LogP contribution in [0.5, 0.6) is 0 Å². The first-order chi connectivity index (χ1) is 18.2. The van der Waals surface area contributed by atoms with Crippen LogP contribution < -0.4 is 16.0 Å². The van der Waals surface area contributed by atoms with E-state index in [0.717, 1.165) is 13.0 Å². The number of aromatic nitrogens is 2. The Balaban J connectivity index is 1.87. The average Bonchev–Trinajstić information content (AvgIpc) is 2.88. The predicted molar refractivity (Wildman–Crippen MR) is 150 cm³/mol. The number of nitrogens with one attached hydrogen (secondary N) is 3. The second-order valence-electron chi connectivity index (χ2n) is 9.00. The van der Waals surface area contributed by atoms with Crippen molar-refractivity contribution >= 4 is 29.3 Å². The maximum atomic E-state index is 13.5. The van der Waals surface area contributed by atoms with E-state index < -0.39 is 6.04 Å². The summed E-state index contributed by atoms with van der Waals surface area (Å²) in [5.74, 6) is 6.36. The van der Waals surface area contributed by atoms with E-state index in [4.69, 9.17) is 0 Å². The van der Waals surface area contributed by atoms with Crippen LogP contribution in [0.2, 0.25) is 0 Å². The number of hydrogen-bond acceptors (Lipinski definition) is 7. The Hall–Kier alpha value is -3.97. The second kappa shape index (κ2) is 16.0. The molecule has 204 valence electrons. The summed E-state index contributed by atoms with van der Waals surface area (Å²) in [6.07, 6.45) is 7.01. The van der Waals surface area contributed by atoms with Gasteiger partial charge in [0, 0.05) is 44.9 Å². The van der Waals surface area contributed by atoms with Crippen LogP contribution in [0.4, 0.5) is 21.8 Å². The molecule has 2 amide bonds. The number of halogens is 1. The van der Waals surface area contributed by atoms with Gasteiger partial charge < -0.3 is 25.8 Å². The number of benzene rings is 1. The van der Waals surface area contributed by atoms with Gasteiger partial charge in [-0.2, -0.15) is 4.98 Å². The summed E-state index contributed by atoms with van der Waals surface area (Å²) in [5.41, 5.74) is 1.21. The molecule has 2 rings (SSSR count). The number of amides is 2. The molecular weight excluding hydrogens is 485 g/mol. The summed E-state index contributed by atoms with van der Waals surface area (Å²) in [6.45, 7) is 5.57. The van der Waals surface area contributed by atoms with E-state index in [9.17, 15) is 14.0 Å². The molecule has 10 heteroatoms. The van der Waals surface area contributed by atoms with Crippen molar-refractivity contribution in [2.45, 2.75) is 39.2 Å². The number of likely N-dealkylation sites (N-methyl/N-ethyl adjacent to an activating group) is 2.